The largest absolute Gasteiger partial charge is 0.462 e. The van der Waals surface area contributed by atoms with Gasteiger partial charge in [-0.15, -0.1) is 11.6 Å². The van der Waals surface area contributed by atoms with Gasteiger partial charge in [0.25, 0.3) is 0 Å². The summed E-state index contributed by atoms with van der Waals surface area (Å²) in [7, 11) is 0. The number of benzene rings is 1. The fourth-order valence-corrected chi connectivity index (χ4v) is 1.68. The Balaban J connectivity index is 3.32. The predicted molar refractivity (Wildman–Crippen MR) is 61.4 cm³/mol. The minimum absolute atomic E-state index is 0.205. The quantitative estimate of drug-likeness (QED) is 0.600. The molecule has 0 aliphatic rings. The molecule has 0 heterocycles. The Morgan fingerprint density at radius 3 is 2.75 bits per heavy atom. The number of nitrogens with zero attached hydrogens (tertiary/aromatic N) is 1. The second-order valence-electron chi connectivity index (χ2n) is 3.31. The number of nitriles is 1. The summed E-state index contributed by atoms with van der Waals surface area (Å²) >= 11 is 5.73. The van der Waals surface area contributed by atoms with E-state index in [0.717, 1.165) is 5.56 Å². The van der Waals surface area contributed by atoms with E-state index in [4.69, 9.17) is 21.6 Å². The third kappa shape index (κ3) is 2.53. The third-order valence-electron chi connectivity index (χ3n) is 2.12. The molecule has 0 N–H and O–H groups in total. The van der Waals surface area contributed by atoms with Crippen LogP contribution in [0.2, 0.25) is 0 Å². The number of halogens is 1. The second-order valence-corrected chi connectivity index (χ2v) is 3.58. The summed E-state index contributed by atoms with van der Waals surface area (Å²) in [4.78, 5) is 11.6. The van der Waals surface area contributed by atoms with E-state index in [9.17, 15) is 4.79 Å². The first-order chi connectivity index (χ1) is 7.63. The van der Waals surface area contributed by atoms with E-state index in [2.05, 4.69) is 0 Å². The third-order valence-corrected chi connectivity index (χ3v) is 2.40. The van der Waals surface area contributed by atoms with Gasteiger partial charge in [-0.05, 0) is 31.0 Å². The SMILES string of the molecule is CCOC(=O)c1cc(C)cc(CCl)c1C#N. The van der Waals surface area contributed by atoms with Crippen molar-refractivity contribution in [1.29, 1.82) is 5.26 Å². The minimum Gasteiger partial charge on any atom is -0.462 e. The topological polar surface area (TPSA) is 50.1 Å². The van der Waals surface area contributed by atoms with Crippen LogP contribution in [0.15, 0.2) is 12.1 Å². The van der Waals surface area contributed by atoms with Gasteiger partial charge in [0.1, 0.15) is 6.07 Å². The average Bonchev–Trinajstić information content (AvgIpc) is 2.28. The van der Waals surface area contributed by atoms with Gasteiger partial charge in [0, 0.05) is 5.88 Å². The van der Waals surface area contributed by atoms with Crippen molar-refractivity contribution in [3.05, 3.63) is 34.4 Å². The highest BCUT2D eigenvalue weighted by molar-refractivity contribution is 6.17. The predicted octanol–water partition coefficient (Wildman–Crippen LogP) is 2.78. The molecule has 1 aromatic carbocycles. The maximum atomic E-state index is 11.6. The van der Waals surface area contributed by atoms with Crippen molar-refractivity contribution in [1.82, 2.24) is 0 Å². The summed E-state index contributed by atoms with van der Waals surface area (Å²) in [5, 5.41) is 9.02. The number of hydrogen-bond acceptors (Lipinski definition) is 3. The van der Waals surface area contributed by atoms with Crippen LogP contribution in [0.5, 0.6) is 0 Å². The van der Waals surface area contributed by atoms with E-state index in [1.165, 1.54) is 0 Å². The van der Waals surface area contributed by atoms with Crippen LogP contribution in [0.3, 0.4) is 0 Å². The van der Waals surface area contributed by atoms with Crippen LogP contribution < -0.4 is 0 Å². The molecule has 0 radical (unpaired) electrons. The molecule has 0 unspecified atom stereocenters. The number of ether oxygens (including phenoxy) is 1. The Morgan fingerprint density at radius 2 is 2.25 bits per heavy atom. The number of carbonyl (C=O) groups excluding carboxylic acids is 1. The molecule has 0 bridgehead atoms. The van der Waals surface area contributed by atoms with Crippen molar-refractivity contribution in [2.75, 3.05) is 6.61 Å². The molecule has 84 valence electrons. The normalized spacial score (nSPS) is 9.62. The molecule has 0 saturated carbocycles. The lowest BCUT2D eigenvalue weighted by atomic mass is 10.00. The van der Waals surface area contributed by atoms with Gasteiger partial charge in [-0.25, -0.2) is 4.79 Å². The standard InChI is InChI=1S/C12H12ClNO2/c1-3-16-12(15)10-5-8(2)4-9(6-13)11(10)7-14/h4-5H,3,6H2,1-2H3. The summed E-state index contributed by atoms with van der Waals surface area (Å²) in [6.07, 6.45) is 0. The van der Waals surface area contributed by atoms with Crippen molar-refractivity contribution in [3.8, 4) is 6.07 Å². The molecule has 16 heavy (non-hydrogen) atoms. The number of alkyl halides is 1. The number of hydrogen-bond donors (Lipinski definition) is 0. The summed E-state index contributed by atoms with van der Waals surface area (Å²) in [6.45, 7) is 3.86. The fourth-order valence-electron chi connectivity index (χ4n) is 1.47. The van der Waals surface area contributed by atoms with E-state index in [1.54, 1.807) is 19.1 Å². The number of carbonyl (C=O) groups is 1. The molecule has 1 aromatic rings. The van der Waals surface area contributed by atoms with Crippen molar-refractivity contribution in [2.45, 2.75) is 19.7 Å². The zero-order valence-electron chi connectivity index (χ0n) is 9.21. The molecule has 0 aliphatic carbocycles. The molecule has 3 nitrogen and oxygen atoms in total. The van der Waals surface area contributed by atoms with Gasteiger partial charge < -0.3 is 4.74 Å². The lowest BCUT2D eigenvalue weighted by Crippen LogP contribution is -2.09. The van der Waals surface area contributed by atoms with Gasteiger partial charge in [-0.2, -0.15) is 5.26 Å². The molecular formula is C12H12ClNO2. The van der Waals surface area contributed by atoms with Crippen LogP contribution >= 0.6 is 11.6 Å². The van der Waals surface area contributed by atoms with Gasteiger partial charge in [0.2, 0.25) is 0 Å². The van der Waals surface area contributed by atoms with E-state index >= 15 is 0 Å². The molecule has 0 saturated heterocycles. The highest BCUT2D eigenvalue weighted by Crippen LogP contribution is 2.19. The van der Waals surface area contributed by atoms with Crippen LogP contribution in [0.4, 0.5) is 0 Å². The van der Waals surface area contributed by atoms with E-state index in [-0.39, 0.29) is 12.5 Å². The van der Waals surface area contributed by atoms with Crippen LogP contribution in [0, 0.1) is 18.3 Å². The van der Waals surface area contributed by atoms with Crippen molar-refractivity contribution in [2.24, 2.45) is 0 Å². The highest BCUT2D eigenvalue weighted by Gasteiger charge is 2.16. The lowest BCUT2D eigenvalue weighted by Gasteiger charge is -2.08. The summed E-state index contributed by atoms with van der Waals surface area (Å²) < 4.78 is 4.89. The second kappa shape index (κ2) is 5.53. The Bertz CT molecular complexity index is 449. The van der Waals surface area contributed by atoms with Crippen molar-refractivity contribution < 1.29 is 9.53 Å². The maximum absolute atomic E-state index is 11.6. The zero-order valence-corrected chi connectivity index (χ0v) is 9.97. The number of rotatable bonds is 3. The summed E-state index contributed by atoms with van der Waals surface area (Å²) in [5.41, 5.74) is 2.14. The number of esters is 1. The minimum atomic E-state index is -0.478. The summed E-state index contributed by atoms with van der Waals surface area (Å²) in [6, 6.07) is 5.44. The summed E-state index contributed by atoms with van der Waals surface area (Å²) in [5.74, 6) is -0.272. The lowest BCUT2D eigenvalue weighted by molar-refractivity contribution is 0.0526. The Hall–Kier alpha value is -1.53. The van der Waals surface area contributed by atoms with Gasteiger partial charge >= 0.3 is 5.97 Å². The van der Waals surface area contributed by atoms with Crippen LogP contribution in [0.25, 0.3) is 0 Å². The smallest absolute Gasteiger partial charge is 0.339 e. The van der Waals surface area contributed by atoms with Gasteiger partial charge in [0.05, 0.1) is 17.7 Å². The average molecular weight is 238 g/mol. The molecule has 1 rings (SSSR count). The van der Waals surface area contributed by atoms with E-state index in [0.29, 0.717) is 16.7 Å². The molecular weight excluding hydrogens is 226 g/mol. The molecule has 0 aromatic heterocycles. The Morgan fingerprint density at radius 1 is 1.56 bits per heavy atom. The Labute approximate surface area is 99.6 Å². The molecule has 0 fully saturated rings. The molecule has 0 aliphatic heterocycles. The van der Waals surface area contributed by atoms with E-state index in [1.807, 2.05) is 13.0 Å². The van der Waals surface area contributed by atoms with Crippen LogP contribution in [-0.2, 0) is 10.6 Å². The van der Waals surface area contributed by atoms with Crippen LogP contribution in [0.1, 0.15) is 34.0 Å². The zero-order chi connectivity index (χ0) is 12.1. The highest BCUT2D eigenvalue weighted by atomic mass is 35.5. The first-order valence-electron chi connectivity index (χ1n) is 4.90. The first kappa shape index (κ1) is 12.5. The van der Waals surface area contributed by atoms with E-state index < -0.39 is 5.97 Å². The van der Waals surface area contributed by atoms with Crippen LogP contribution in [-0.4, -0.2) is 12.6 Å². The van der Waals surface area contributed by atoms with Gasteiger partial charge in [-0.3, -0.25) is 0 Å². The Kier molecular flexibility index (Phi) is 4.33. The van der Waals surface area contributed by atoms with Crippen molar-refractivity contribution in [3.63, 3.8) is 0 Å². The first-order valence-corrected chi connectivity index (χ1v) is 5.44. The maximum Gasteiger partial charge on any atom is 0.339 e. The fraction of sp³-hybridized carbons (Fsp3) is 0.333. The molecule has 0 amide bonds. The monoisotopic (exact) mass is 237 g/mol. The molecule has 4 heteroatoms. The van der Waals surface area contributed by atoms with Gasteiger partial charge in [0.15, 0.2) is 0 Å². The van der Waals surface area contributed by atoms with Gasteiger partial charge in [-0.1, -0.05) is 6.07 Å². The number of aryl methyl sites for hydroxylation is 1. The van der Waals surface area contributed by atoms with Crippen molar-refractivity contribution >= 4 is 17.6 Å². The molecule has 0 spiro atoms. The molecule has 0 atom stereocenters.